The Hall–Kier alpha value is -4.80. The largest absolute Gasteiger partial charge is 0.495 e. The minimum atomic E-state index is -1.43. The summed E-state index contributed by atoms with van der Waals surface area (Å²) in [5.41, 5.74) is 9.13. The number of fused-ring (bicyclic) bond motifs is 1. The summed E-state index contributed by atoms with van der Waals surface area (Å²) in [5.74, 6) is -3.00. The van der Waals surface area contributed by atoms with Gasteiger partial charge in [-0.1, -0.05) is 42.5 Å². The highest BCUT2D eigenvalue weighted by molar-refractivity contribution is 7.22. The average molecular weight is 611 g/mol. The molecule has 0 aliphatic carbocycles. The van der Waals surface area contributed by atoms with Crippen molar-refractivity contribution in [2.75, 3.05) is 25.5 Å². The lowest BCUT2D eigenvalue weighted by Crippen LogP contribution is -2.32. The first kappa shape index (κ1) is 29.3. The molecule has 224 valence electrons. The molecule has 3 aromatic carbocycles. The Morgan fingerprint density at radius 2 is 1.77 bits per heavy atom. The van der Waals surface area contributed by atoms with Gasteiger partial charge in [0.2, 0.25) is 11.8 Å². The van der Waals surface area contributed by atoms with Crippen molar-refractivity contribution in [3.05, 3.63) is 102 Å². The minimum Gasteiger partial charge on any atom is -0.495 e. The number of amides is 2. The molecule has 1 aliphatic heterocycles. The lowest BCUT2D eigenvalue weighted by atomic mass is 9.97. The number of nitrogens with zero attached hydrogens (tertiary/aromatic N) is 2. The van der Waals surface area contributed by atoms with Crippen molar-refractivity contribution in [2.45, 2.75) is 25.3 Å². The summed E-state index contributed by atoms with van der Waals surface area (Å²) >= 11 is 1.52. The zero-order valence-electron chi connectivity index (χ0n) is 24.1. The number of aromatic nitrogens is 1. The molecule has 6 rings (SSSR count). The molecule has 2 aromatic heterocycles. The molecule has 10 heteroatoms. The Labute approximate surface area is 258 Å². The fraction of sp³-hybridized carbons (Fsp3) is 0.206. The SMILES string of the molecule is COc1ccccc1NC(=O)C(C(N)=O)c1ccc(Oc2ccnc3cc(-c4ccc(CN5CCCC5)cc4)sc23)c(F)c1. The number of thiophene rings is 1. The van der Waals surface area contributed by atoms with Crippen molar-refractivity contribution >= 4 is 39.1 Å². The normalized spacial score (nSPS) is 14.0. The van der Waals surface area contributed by atoms with Gasteiger partial charge in [0.05, 0.1) is 23.0 Å². The minimum absolute atomic E-state index is 0.0594. The summed E-state index contributed by atoms with van der Waals surface area (Å²) < 4.78 is 27.4. The first-order chi connectivity index (χ1) is 21.4. The number of nitrogens with one attached hydrogen (secondary N) is 1. The van der Waals surface area contributed by atoms with Crippen LogP contribution in [0.3, 0.4) is 0 Å². The summed E-state index contributed by atoms with van der Waals surface area (Å²) in [6.07, 6.45) is 4.15. The second-order valence-electron chi connectivity index (χ2n) is 10.6. The standard InChI is InChI=1S/C34H31FN4O4S/c1-42-28-7-3-2-6-25(28)38-34(41)31(33(36)40)23-12-13-27(24(35)18-23)43-29-14-15-37-26-19-30(44-32(26)29)22-10-8-21(9-11-22)20-39-16-4-5-17-39/h2-3,6-15,18-19,31H,4-5,16-17,20H2,1H3,(H2,36,40)(H,38,41). The van der Waals surface area contributed by atoms with Crippen LogP contribution >= 0.6 is 11.3 Å². The molecule has 0 bridgehead atoms. The van der Waals surface area contributed by atoms with E-state index in [4.69, 9.17) is 15.2 Å². The maximum Gasteiger partial charge on any atom is 0.241 e. The fourth-order valence-corrected chi connectivity index (χ4v) is 6.48. The zero-order chi connectivity index (χ0) is 30.6. The van der Waals surface area contributed by atoms with Crippen LogP contribution in [0.25, 0.3) is 20.7 Å². The predicted molar refractivity (Wildman–Crippen MR) is 170 cm³/mol. The Kier molecular flexibility index (Phi) is 8.53. The van der Waals surface area contributed by atoms with E-state index in [-0.39, 0.29) is 11.3 Å². The van der Waals surface area contributed by atoms with E-state index in [2.05, 4.69) is 39.5 Å². The Bertz CT molecular complexity index is 1820. The summed E-state index contributed by atoms with van der Waals surface area (Å²) in [4.78, 5) is 33.3. The van der Waals surface area contributed by atoms with Crippen molar-refractivity contribution in [2.24, 2.45) is 5.73 Å². The number of carbonyl (C=O) groups is 2. The Morgan fingerprint density at radius 1 is 1.00 bits per heavy atom. The number of anilines is 1. The van der Waals surface area contributed by atoms with Crippen LogP contribution in [-0.2, 0) is 16.1 Å². The van der Waals surface area contributed by atoms with Gasteiger partial charge in [0.15, 0.2) is 11.6 Å². The first-order valence-corrected chi connectivity index (χ1v) is 15.1. The number of likely N-dealkylation sites (tertiary alicyclic amines) is 1. The molecule has 8 nitrogen and oxygen atoms in total. The Morgan fingerprint density at radius 3 is 2.50 bits per heavy atom. The number of halogens is 1. The van der Waals surface area contributed by atoms with Crippen LogP contribution < -0.4 is 20.5 Å². The van der Waals surface area contributed by atoms with E-state index in [1.807, 2.05) is 6.07 Å². The van der Waals surface area contributed by atoms with Crippen LogP contribution in [0.5, 0.6) is 17.2 Å². The van der Waals surface area contributed by atoms with Gasteiger partial charge in [0.25, 0.3) is 0 Å². The molecule has 0 radical (unpaired) electrons. The highest BCUT2D eigenvalue weighted by Gasteiger charge is 2.28. The molecule has 1 fully saturated rings. The highest BCUT2D eigenvalue weighted by atomic mass is 32.1. The molecule has 3 heterocycles. The maximum atomic E-state index is 15.4. The van der Waals surface area contributed by atoms with E-state index in [0.29, 0.717) is 17.2 Å². The van der Waals surface area contributed by atoms with Crippen molar-refractivity contribution < 1.29 is 23.5 Å². The van der Waals surface area contributed by atoms with Gasteiger partial charge >= 0.3 is 0 Å². The summed E-state index contributed by atoms with van der Waals surface area (Å²) in [7, 11) is 1.46. The number of nitrogens with two attached hydrogens (primary N) is 1. The molecule has 0 spiro atoms. The van der Waals surface area contributed by atoms with Crippen LogP contribution in [0.4, 0.5) is 10.1 Å². The maximum absolute atomic E-state index is 15.4. The van der Waals surface area contributed by atoms with Gasteiger partial charge in [-0.2, -0.15) is 0 Å². The van der Waals surface area contributed by atoms with Crippen LogP contribution in [0.15, 0.2) is 85.1 Å². The molecule has 1 atom stereocenters. The smallest absolute Gasteiger partial charge is 0.241 e. The number of carbonyl (C=O) groups excluding carboxylic acids is 2. The third-order valence-corrected chi connectivity index (χ3v) is 8.83. The molecular formula is C34H31FN4O4S. The molecule has 1 unspecified atom stereocenters. The van der Waals surface area contributed by atoms with Gasteiger partial charge in [-0.25, -0.2) is 4.39 Å². The topological polar surface area (TPSA) is 107 Å². The van der Waals surface area contributed by atoms with Crippen LogP contribution in [0.1, 0.15) is 29.9 Å². The zero-order valence-corrected chi connectivity index (χ0v) is 24.9. The van der Waals surface area contributed by atoms with E-state index >= 15 is 4.39 Å². The van der Waals surface area contributed by atoms with E-state index in [9.17, 15) is 9.59 Å². The second-order valence-corrected chi connectivity index (χ2v) is 11.7. The van der Waals surface area contributed by atoms with Crippen molar-refractivity contribution in [3.63, 3.8) is 0 Å². The van der Waals surface area contributed by atoms with Gasteiger partial charge in [0, 0.05) is 23.7 Å². The number of primary amides is 1. The number of rotatable bonds is 10. The summed E-state index contributed by atoms with van der Waals surface area (Å²) in [5, 5.41) is 2.64. The molecule has 5 aromatic rings. The fourth-order valence-electron chi connectivity index (χ4n) is 5.41. The molecule has 1 saturated heterocycles. The summed E-state index contributed by atoms with van der Waals surface area (Å²) in [6, 6.07) is 22.9. The van der Waals surface area contributed by atoms with Crippen molar-refractivity contribution in [1.82, 2.24) is 9.88 Å². The monoisotopic (exact) mass is 610 g/mol. The van der Waals surface area contributed by atoms with E-state index < -0.39 is 23.5 Å². The average Bonchev–Trinajstić information content (AvgIpc) is 3.70. The summed E-state index contributed by atoms with van der Waals surface area (Å²) in [6.45, 7) is 3.27. The number of hydrogen-bond donors (Lipinski definition) is 2. The number of ether oxygens (including phenoxy) is 2. The number of pyridine rings is 1. The Balaban J connectivity index is 1.21. The number of methoxy groups -OCH3 is 1. The number of para-hydroxylation sites is 2. The number of benzene rings is 3. The quantitative estimate of drug-likeness (QED) is 0.170. The van der Waals surface area contributed by atoms with Crippen molar-refractivity contribution in [3.8, 4) is 27.7 Å². The molecule has 3 N–H and O–H groups in total. The van der Waals surface area contributed by atoms with E-state index in [0.717, 1.165) is 46.4 Å². The third kappa shape index (κ3) is 6.27. The molecule has 0 saturated carbocycles. The van der Waals surface area contributed by atoms with Gasteiger partial charge in [0.1, 0.15) is 17.4 Å². The van der Waals surface area contributed by atoms with Crippen molar-refractivity contribution in [1.29, 1.82) is 0 Å². The van der Waals surface area contributed by atoms with Gasteiger partial charge in [-0.15, -0.1) is 11.3 Å². The van der Waals surface area contributed by atoms with Gasteiger partial charge in [-0.3, -0.25) is 19.5 Å². The lowest BCUT2D eigenvalue weighted by molar-refractivity contribution is -0.127. The first-order valence-electron chi connectivity index (χ1n) is 14.3. The second kappa shape index (κ2) is 12.8. The van der Waals surface area contributed by atoms with E-state index in [1.54, 1.807) is 36.5 Å². The third-order valence-electron chi connectivity index (χ3n) is 7.64. The molecular weight excluding hydrogens is 579 g/mol. The highest BCUT2D eigenvalue weighted by Crippen LogP contribution is 2.40. The van der Waals surface area contributed by atoms with Crippen LogP contribution in [0.2, 0.25) is 0 Å². The van der Waals surface area contributed by atoms with Crippen LogP contribution in [-0.4, -0.2) is 41.9 Å². The van der Waals surface area contributed by atoms with Gasteiger partial charge in [-0.05, 0) is 73.0 Å². The molecule has 44 heavy (non-hydrogen) atoms. The lowest BCUT2D eigenvalue weighted by Gasteiger charge is -2.16. The van der Waals surface area contributed by atoms with Gasteiger partial charge < -0.3 is 20.5 Å². The van der Waals surface area contributed by atoms with E-state index in [1.165, 1.54) is 49.0 Å². The predicted octanol–water partition coefficient (Wildman–Crippen LogP) is 6.71. The molecule has 1 aliphatic rings. The molecule has 2 amide bonds. The number of hydrogen-bond acceptors (Lipinski definition) is 7. The van der Waals surface area contributed by atoms with Crippen LogP contribution in [0, 0.1) is 5.82 Å².